The molecule has 0 N–H and O–H groups in total. The van der Waals surface area contributed by atoms with Crippen LogP contribution in [0.4, 0.5) is 4.39 Å². The Balaban J connectivity index is 1.88. The fourth-order valence-corrected chi connectivity index (χ4v) is 8.31. The van der Waals surface area contributed by atoms with Crippen molar-refractivity contribution in [1.29, 1.82) is 0 Å². The van der Waals surface area contributed by atoms with E-state index in [9.17, 15) is 0 Å². The van der Waals surface area contributed by atoms with Crippen molar-refractivity contribution in [3.63, 3.8) is 0 Å². The molecule has 0 bridgehead atoms. The highest BCUT2D eigenvalue weighted by Gasteiger charge is 2.37. The van der Waals surface area contributed by atoms with Gasteiger partial charge in [0, 0.05) is 42.6 Å². The number of halogens is 1. The van der Waals surface area contributed by atoms with E-state index in [1.807, 2.05) is 13.8 Å². The fourth-order valence-electron chi connectivity index (χ4n) is 7.07. The summed E-state index contributed by atoms with van der Waals surface area (Å²) in [5.41, 5.74) is 10.7. The average molecular weight is 632 g/mol. The molecule has 6 rings (SSSR count). The second-order valence-corrected chi connectivity index (χ2v) is 15.3. The van der Waals surface area contributed by atoms with E-state index in [0.717, 1.165) is 44.8 Å². The lowest BCUT2D eigenvalue weighted by Crippen LogP contribution is -2.29. The first-order valence-electron chi connectivity index (χ1n) is 16.5. The third-order valence-electron chi connectivity index (χ3n) is 9.72. The van der Waals surface area contributed by atoms with E-state index in [-0.39, 0.29) is 11.8 Å². The maximum Gasteiger partial charge on any atom is 0.163 e. The molecule has 0 aliphatic rings. The lowest BCUT2D eigenvalue weighted by atomic mass is 9.75. The normalized spacial score (nSPS) is 13.1. The van der Waals surface area contributed by atoms with Crippen molar-refractivity contribution in [2.75, 3.05) is 0 Å². The van der Waals surface area contributed by atoms with Crippen molar-refractivity contribution in [1.82, 2.24) is 14.8 Å². The highest BCUT2D eigenvalue weighted by atomic mass is 32.1. The molecule has 2 aromatic heterocycles. The monoisotopic (exact) mass is 631 g/mol. The van der Waals surface area contributed by atoms with Gasteiger partial charge in [0.25, 0.3) is 0 Å². The van der Waals surface area contributed by atoms with Crippen LogP contribution < -0.4 is 0 Å². The molecular formula is C41H46FN3S. The van der Waals surface area contributed by atoms with Gasteiger partial charge >= 0.3 is 0 Å². The van der Waals surface area contributed by atoms with Gasteiger partial charge in [0.15, 0.2) is 11.6 Å². The maximum absolute atomic E-state index is 16.0. The molecule has 238 valence electrons. The number of nitrogens with zero attached hydrogens (tertiary/aromatic N) is 3. The third kappa shape index (κ3) is 5.17. The summed E-state index contributed by atoms with van der Waals surface area (Å²) in [5, 5.41) is 7.50. The first-order valence-corrected chi connectivity index (χ1v) is 17.3. The number of rotatable bonds is 7. The molecule has 2 heterocycles. The molecule has 4 aromatic carbocycles. The van der Waals surface area contributed by atoms with E-state index in [0.29, 0.717) is 0 Å². The van der Waals surface area contributed by atoms with Gasteiger partial charge in [-0.2, -0.15) is 5.10 Å². The largest absolute Gasteiger partial charge is 0.247 e. The third-order valence-corrected chi connectivity index (χ3v) is 10.9. The van der Waals surface area contributed by atoms with E-state index in [2.05, 4.69) is 121 Å². The number of benzene rings is 4. The number of aryl methyl sites for hydroxylation is 4. The molecule has 3 nitrogen and oxygen atoms in total. The first-order chi connectivity index (χ1) is 21.7. The van der Waals surface area contributed by atoms with Gasteiger partial charge in [-0.25, -0.2) is 14.1 Å². The summed E-state index contributed by atoms with van der Waals surface area (Å²) in [7, 11) is 0. The van der Waals surface area contributed by atoms with Gasteiger partial charge in [0.05, 0.1) is 5.69 Å². The van der Waals surface area contributed by atoms with Crippen molar-refractivity contribution >= 4 is 31.5 Å². The van der Waals surface area contributed by atoms with Gasteiger partial charge in [-0.3, -0.25) is 0 Å². The summed E-state index contributed by atoms with van der Waals surface area (Å²) in [6, 6.07) is 21.9. The van der Waals surface area contributed by atoms with Crippen LogP contribution in [0, 0.1) is 27.7 Å². The molecule has 0 amide bonds. The number of hydrogen-bond donors (Lipinski definition) is 0. The SMILES string of the molecule is Cc1cc(C)c(-c2cc(-c3nc(C(C)C)nn3-c3c(C)cccc3C(C)C)c(C(C)(C)[C@@H](C)F)c3c2sc2ccccc23)c(C)c1. The fraction of sp³-hybridized carbons (Fsp3) is 0.366. The van der Waals surface area contributed by atoms with Gasteiger partial charge in [0.1, 0.15) is 6.17 Å². The summed E-state index contributed by atoms with van der Waals surface area (Å²) < 4.78 is 20.5. The Morgan fingerprint density at radius 2 is 1.46 bits per heavy atom. The Hall–Kier alpha value is -3.83. The van der Waals surface area contributed by atoms with Gasteiger partial charge in [-0.15, -0.1) is 11.3 Å². The van der Waals surface area contributed by atoms with E-state index in [1.165, 1.54) is 42.8 Å². The summed E-state index contributed by atoms with van der Waals surface area (Å²) in [6.07, 6.45) is -1.10. The quantitative estimate of drug-likeness (QED) is 0.175. The Morgan fingerprint density at radius 3 is 2.09 bits per heavy atom. The highest BCUT2D eigenvalue weighted by molar-refractivity contribution is 7.26. The summed E-state index contributed by atoms with van der Waals surface area (Å²) in [5.74, 6) is 1.96. The molecule has 0 fully saturated rings. The highest BCUT2D eigenvalue weighted by Crippen LogP contribution is 2.51. The van der Waals surface area contributed by atoms with Crippen molar-refractivity contribution in [3.8, 4) is 28.2 Å². The summed E-state index contributed by atoms with van der Waals surface area (Å²) >= 11 is 1.80. The standard InChI is InChI=1S/C41H46FN3S/c1-22(2)29-17-14-15-25(6)37(29)45-40(43-39(44-45)23(3)4)32-21-31(34-26(7)19-24(5)20-27(34)8)38-35(36(32)41(10,11)28(9)42)30-16-12-13-18-33(30)46-38/h12-23,28H,1-11H3/t28-/m1/s1. The second kappa shape index (κ2) is 11.8. The van der Waals surface area contributed by atoms with Crippen LogP contribution in [-0.4, -0.2) is 20.9 Å². The van der Waals surface area contributed by atoms with Gasteiger partial charge in [-0.05, 0) is 86.1 Å². The number of alkyl halides is 1. The number of aromatic nitrogens is 3. The zero-order chi connectivity index (χ0) is 33.2. The zero-order valence-corrected chi connectivity index (χ0v) is 29.9. The van der Waals surface area contributed by atoms with Crippen LogP contribution in [0.1, 0.15) is 99.5 Å². The van der Waals surface area contributed by atoms with Crippen LogP contribution in [0.15, 0.2) is 60.7 Å². The average Bonchev–Trinajstić information content (AvgIpc) is 3.59. The molecule has 0 saturated heterocycles. The topological polar surface area (TPSA) is 30.7 Å². The maximum atomic E-state index is 16.0. The van der Waals surface area contributed by atoms with E-state index in [1.54, 1.807) is 18.3 Å². The molecule has 0 aliphatic carbocycles. The molecule has 0 saturated carbocycles. The van der Waals surface area contributed by atoms with Gasteiger partial charge < -0.3 is 0 Å². The Kier molecular flexibility index (Phi) is 8.21. The Bertz CT molecular complexity index is 2090. The minimum absolute atomic E-state index is 0.120. The molecule has 0 spiro atoms. The predicted molar refractivity (Wildman–Crippen MR) is 196 cm³/mol. The molecule has 6 aromatic rings. The van der Waals surface area contributed by atoms with Crippen molar-refractivity contribution in [3.05, 3.63) is 99.9 Å². The van der Waals surface area contributed by atoms with Crippen molar-refractivity contribution in [2.45, 2.75) is 99.6 Å². The number of fused-ring (bicyclic) bond motifs is 3. The zero-order valence-electron chi connectivity index (χ0n) is 29.1. The molecule has 5 heteroatoms. The van der Waals surface area contributed by atoms with E-state index >= 15 is 4.39 Å². The first kappa shape index (κ1) is 32.1. The van der Waals surface area contributed by atoms with Crippen LogP contribution in [0.25, 0.3) is 48.4 Å². The van der Waals surface area contributed by atoms with E-state index < -0.39 is 11.6 Å². The number of para-hydroxylation sites is 1. The number of hydrogen-bond acceptors (Lipinski definition) is 3. The summed E-state index contributed by atoms with van der Waals surface area (Å²) in [6.45, 7) is 23.2. The van der Waals surface area contributed by atoms with E-state index in [4.69, 9.17) is 10.1 Å². The number of thiophene rings is 1. The molecular weight excluding hydrogens is 586 g/mol. The Morgan fingerprint density at radius 1 is 0.783 bits per heavy atom. The molecule has 46 heavy (non-hydrogen) atoms. The lowest BCUT2D eigenvalue weighted by molar-refractivity contribution is 0.239. The van der Waals surface area contributed by atoms with Crippen LogP contribution in [0.2, 0.25) is 0 Å². The minimum atomic E-state index is -1.10. The van der Waals surface area contributed by atoms with Gasteiger partial charge in [-0.1, -0.05) is 95.6 Å². The van der Waals surface area contributed by atoms with Crippen LogP contribution in [0.3, 0.4) is 0 Å². The lowest BCUT2D eigenvalue weighted by Gasteiger charge is -2.31. The smallest absolute Gasteiger partial charge is 0.163 e. The molecule has 0 radical (unpaired) electrons. The van der Waals surface area contributed by atoms with Crippen molar-refractivity contribution < 1.29 is 4.39 Å². The van der Waals surface area contributed by atoms with Crippen molar-refractivity contribution in [2.24, 2.45) is 0 Å². The minimum Gasteiger partial charge on any atom is -0.247 e. The second-order valence-electron chi connectivity index (χ2n) is 14.3. The molecule has 0 unspecified atom stereocenters. The Labute approximate surface area is 277 Å². The molecule has 1 atom stereocenters. The van der Waals surface area contributed by atoms with Gasteiger partial charge in [0.2, 0.25) is 0 Å². The summed E-state index contributed by atoms with van der Waals surface area (Å²) in [4.78, 5) is 5.33. The predicted octanol–water partition coefficient (Wildman–Crippen LogP) is 12.1. The molecule has 0 aliphatic heterocycles. The van der Waals surface area contributed by atoms with Crippen LogP contribution >= 0.6 is 11.3 Å². The van der Waals surface area contributed by atoms with Crippen LogP contribution in [0.5, 0.6) is 0 Å². The van der Waals surface area contributed by atoms with Crippen LogP contribution in [-0.2, 0) is 5.41 Å².